The van der Waals surface area contributed by atoms with Crippen LogP contribution in [0.3, 0.4) is 0 Å². The summed E-state index contributed by atoms with van der Waals surface area (Å²) in [6.07, 6.45) is 1.68. The summed E-state index contributed by atoms with van der Waals surface area (Å²) in [4.78, 5) is 3.96. The Morgan fingerprint density at radius 2 is 1.88 bits per heavy atom. The van der Waals surface area contributed by atoms with Crippen LogP contribution in [-0.4, -0.2) is 63.2 Å². The third-order valence-corrected chi connectivity index (χ3v) is 6.19. The molecule has 0 saturated carbocycles. The van der Waals surface area contributed by atoms with E-state index >= 15 is 0 Å². The van der Waals surface area contributed by atoms with Crippen molar-refractivity contribution in [3.05, 3.63) is 47.9 Å². The Hall–Kier alpha value is -2.26. The highest BCUT2D eigenvalue weighted by Crippen LogP contribution is 2.20. The predicted molar refractivity (Wildman–Crippen MR) is 99.2 cm³/mol. The monoisotopic (exact) mass is 379 g/mol. The molecule has 0 radical (unpaired) electrons. The van der Waals surface area contributed by atoms with Gasteiger partial charge in [-0.25, -0.2) is 12.8 Å². The third kappa shape index (κ3) is 4.28. The highest BCUT2D eigenvalue weighted by molar-refractivity contribution is 7.88. The van der Waals surface area contributed by atoms with Gasteiger partial charge in [0.05, 0.1) is 17.6 Å². The van der Waals surface area contributed by atoms with E-state index in [-0.39, 0.29) is 5.75 Å². The first-order valence-electron chi connectivity index (χ1n) is 8.32. The molecule has 1 aromatic heterocycles. The molecule has 0 aliphatic carbocycles. The van der Waals surface area contributed by atoms with Gasteiger partial charge in [0.1, 0.15) is 5.82 Å². The molecule has 9 heteroatoms. The van der Waals surface area contributed by atoms with Crippen molar-refractivity contribution in [3.8, 4) is 0 Å². The van der Waals surface area contributed by atoms with Crippen LogP contribution < -0.4 is 9.80 Å². The van der Waals surface area contributed by atoms with Gasteiger partial charge in [0.15, 0.2) is 5.82 Å². The average molecular weight is 379 g/mol. The average Bonchev–Trinajstić information content (AvgIpc) is 2.61. The van der Waals surface area contributed by atoms with E-state index in [9.17, 15) is 12.8 Å². The molecule has 1 aliphatic heterocycles. The van der Waals surface area contributed by atoms with Crippen molar-refractivity contribution in [1.82, 2.24) is 14.5 Å². The van der Waals surface area contributed by atoms with Crippen molar-refractivity contribution in [2.45, 2.75) is 5.75 Å². The summed E-state index contributed by atoms with van der Waals surface area (Å²) >= 11 is 0. The lowest BCUT2D eigenvalue weighted by molar-refractivity contribution is 0.383. The fraction of sp³-hybridized carbons (Fsp3) is 0.412. The number of hydrogen-bond acceptors (Lipinski definition) is 6. The van der Waals surface area contributed by atoms with Crippen molar-refractivity contribution in [3.63, 3.8) is 0 Å². The van der Waals surface area contributed by atoms with Crippen LogP contribution in [0.4, 0.5) is 15.9 Å². The first-order chi connectivity index (χ1) is 12.3. The fourth-order valence-corrected chi connectivity index (χ4v) is 4.37. The molecule has 2 aromatic rings. The molecule has 1 aliphatic rings. The van der Waals surface area contributed by atoms with Gasteiger partial charge in [-0.3, -0.25) is 0 Å². The minimum atomic E-state index is -3.48. The summed E-state index contributed by atoms with van der Waals surface area (Å²) in [7, 11) is 0.372. The summed E-state index contributed by atoms with van der Waals surface area (Å²) in [6, 6.07) is 7.64. The van der Waals surface area contributed by atoms with Crippen molar-refractivity contribution < 1.29 is 12.8 Å². The Bertz CT molecular complexity index is 867. The van der Waals surface area contributed by atoms with E-state index in [2.05, 4.69) is 10.2 Å². The van der Waals surface area contributed by atoms with Crippen molar-refractivity contribution in [2.24, 2.45) is 0 Å². The maximum absolute atomic E-state index is 13.3. The van der Waals surface area contributed by atoms with Crippen LogP contribution in [0.25, 0.3) is 0 Å². The standard InChI is InChI=1S/C17H22FN5O2S/c1-21(2)16-11-17(20-19-12-16)22-6-8-23(9-7-22)26(24,25)13-14-4-3-5-15(18)10-14/h3-5,10-12H,6-9,13H2,1-2H3. The molecule has 1 aromatic carbocycles. The van der Waals surface area contributed by atoms with Gasteiger partial charge in [0.25, 0.3) is 0 Å². The minimum absolute atomic E-state index is 0.194. The number of rotatable bonds is 5. The van der Waals surface area contributed by atoms with Crippen molar-refractivity contribution in [1.29, 1.82) is 0 Å². The smallest absolute Gasteiger partial charge is 0.218 e. The minimum Gasteiger partial charge on any atom is -0.376 e. The first kappa shape index (κ1) is 18.5. The van der Waals surface area contributed by atoms with Gasteiger partial charge in [-0.1, -0.05) is 12.1 Å². The Labute approximate surface area is 153 Å². The Balaban J connectivity index is 1.65. The van der Waals surface area contributed by atoms with Crippen LogP contribution in [0, 0.1) is 5.82 Å². The molecule has 1 fully saturated rings. The number of halogens is 1. The van der Waals surface area contributed by atoms with Gasteiger partial charge in [-0.15, -0.1) is 5.10 Å². The zero-order valence-corrected chi connectivity index (χ0v) is 15.7. The van der Waals surface area contributed by atoms with Crippen LogP contribution in [0.15, 0.2) is 36.5 Å². The summed E-state index contributed by atoms with van der Waals surface area (Å²) in [5.41, 5.74) is 1.40. The Kier molecular flexibility index (Phi) is 5.38. The second kappa shape index (κ2) is 7.55. The molecule has 0 amide bonds. The van der Waals surface area contributed by atoms with Crippen LogP contribution in [-0.2, 0) is 15.8 Å². The highest BCUT2D eigenvalue weighted by atomic mass is 32.2. The summed E-state index contributed by atoms with van der Waals surface area (Å²) in [5, 5.41) is 8.16. The van der Waals surface area contributed by atoms with Crippen molar-refractivity contribution >= 4 is 21.5 Å². The zero-order valence-electron chi connectivity index (χ0n) is 14.8. The van der Waals surface area contributed by atoms with E-state index in [0.29, 0.717) is 31.7 Å². The first-order valence-corrected chi connectivity index (χ1v) is 9.93. The number of benzene rings is 1. The molecule has 26 heavy (non-hydrogen) atoms. The second-order valence-electron chi connectivity index (χ2n) is 6.44. The lowest BCUT2D eigenvalue weighted by atomic mass is 10.2. The number of hydrogen-bond donors (Lipinski definition) is 0. The number of anilines is 2. The lowest BCUT2D eigenvalue weighted by Crippen LogP contribution is -2.49. The number of aromatic nitrogens is 2. The van der Waals surface area contributed by atoms with E-state index in [1.54, 1.807) is 12.3 Å². The van der Waals surface area contributed by atoms with Crippen molar-refractivity contribution in [2.75, 3.05) is 50.1 Å². The van der Waals surface area contributed by atoms with E-state index in [1.807, 2.05) is 30.0 Å². The van der Waals surface area contributed by atoms with E-state index < -0.39 is 15.8 Å². The Morgan fingerprint density at radius 1 is 1.15 bits per heavy atom. The van der Waals surface area contributed by atoms with Crippen LogP contribution >= 0.6 is 0 Å². The van der Waals surface area contributed by atoms with E-state index in [4.69, 9.17) is 0 Å². The highest BCUT2D eigenvalue weighted by Gasteiger charge is 2.28. The molecular formula is C17H22FN5O2S. The molecule has 0 unspecified atom stereocenters. The van der Waals surface area contributed by atoms with Crippen LogP contribution in [0.5, 0.6) is 0 Å². The molecule has 7 nitrogen and oxygen atoms in total. The topological polar surface area (TPSA) is 69.6 Å². The van der Waals surface area contributed by atoms with Crippen LogP contribution in [0.1, 0.15) is 5.56 Å². The fourth-order valence-electron chi connectivity index (χ4n) is 2.87. The summed E-state index contributed by atoms with van der Waals surface area (Å²) in [5.74, 6) is 0.112. The predicted octanol–water partition coefficient (Wildman–Crippen LogP) is 1.33. The molecule has 0 atom stereocenters. The van der Waals surface area contributed by atoms with Gasteiger partial charge >= 0.3 is 0 Å². The largest absolute Gasteiger partial charge is 0.376 e. The molecular weight excluding hydrogens is 357 g/mol. The lowest BCUT2D eigenvalue weighted by Gasteiger charge is -2.34. The quantitative estimate of drug-likeness (QED) is 0.781. The van der Waals surface area contributed by atoms with Gasteiger partial charge in [0, 0.05) is 46.3 Å². The molecule has 1 saturated heterocycles. The van der Waals surface area contributed by atoms with Gasteiger partial charge < -0.3 is 9.80 Å². The Morgan fingerprint density at radius 3 is 2.54 bits per heavy atom. The van der Waals surface area contributed by atoms with Gasteiger partial charge in [-0.05, 0) is 17.7 Å². The van der Waals surface area contributed by atoms with E-state index in [0.717, 1.165) is 11.5 Å². The molecule has 0 bridgehead atoms. The third-order valence-electron chi connectivity index (χ3n) is 4.34. The SMILES string of the molecule is CN(C)c1cnnc(N2CCN(S(=O)(=O)Cc3cccc(F)c3)CC2)c1. The maximum Gasteiger partial charge on any atom is 0.218 e. The maximum atomic E-state index is 13.3. The number of nitrogens with zero attached hydrogens (tertiary/aromatic N) is 5. The van der Waals surface area contributed by atoms with Gasteiger partial charge in [-0.2, -0.15) is 9.40 Å². The summed E-state index contributed by atoms with van der Waals surface area (Å²) in [6.45, 7) is 1.80. The molecule has 0 spiro atoms. The summed E-state index contributed by atoms with van der Waals surface area (Å²) < 4.78 is 39.9. The second-order valence-corrected chi connectivity index (χ2v) is 8.41. The molecule has 140 valence electrons. The van der Waals surface area contributed by atoms with E-state index in [1.165, 1.54) is 22.5 Å². The molecule has 2 heterocycles. The molecule has 3 rings (SSSR count). The number of sulfonamides is 1. The molecule has 0 N–H and O–H groups in total. The normalized spacial score (nSPS) is 15.9. The number of piperazine rings is 1. The zero-order chi connectivity index (χ0) is 18.7. The van der Waals surface area contributed by atoms with Crippen LogP contribution in [0.2, 0.25) is 0 Å². The van der Waals surface area contributed by atoms with Gasteiger partial charge in [0.2, 0.25) is 10.0 Å².